The number of aromatic nitrogens is 1. The van der Waals surface area contributed by atoms with Crippen LogP contribution in [-0.4, -0.2) is 18.1 Å². The van der Waals surface area contributed by atoms with Crippen molar-refractivity contribution < 1.29 is 0 Å². The Morgan fingerprint density at radius 1 is 1.41 bits per heavy atom. The first-order chi connectivity index (χ1) is 8.20. The molecule has 1 heterocycles. The largest absolute Gasteiger partial charge is 0.316 e. The van der Waals surface area contributed by atoms with Crippen LogP contribution in [0.15, 0.2) is 11.6 Å². The lowest BCUT2D eigenvalue weighted by Crippen LogP contribution is -2.35. The van der Waals surface area contributed by atoms with Gasteiger partial charge in [-0.3, -0.25) is 0 Å². The lowest BCUT2D eigenvalue weighted by molar-refractivity contribution is 0.272. The first kappa shape index (κ1) is 13.0. The summed E-state index contributed by atoms with van der Waals surface area (Å²) in [5, 5.41) is 7.07. The van der Waals surface area contributed by atoms with Crippen LogP contribution in [-0.2, 0) is 6.42 Å². The zero-order chi connectivity index (χ0) is 12.1. The van der Waals surface area contributed by atoms with E-state index in [1.54, 1.807) is 0 Å². The number of thiazole rings is 1. The molecular weight excluding hydrogens is 228 g/mol. The third-order valence-corrected chi connectivity index (χ3v) is 4.51. The molecule has 1 aliphatic rings. The van der Waals surface area contributed by atoms with Crippen molar-refractivity contribution in [2.45, 2.75) is 46.0 Å². The molecule has 0 aromatic carbocycles. The second-order valence-corrected chi connectivity index (χ2v) is 6.81. The van der Waals surface area contributed by atoms with Gasteiger partial charge in [-0.05, 0) is 30.7 Å². The summed E-state index contributed by atoms with van der Waals surface area (Å²) in [6, 6.07) is 0. The van der Waals surface area contributed by atoms with Crippen molar-refractivity contribution in [1.29, 1.82) is 0 Å². The van der Waals surface area contributed by atoms with Crippen LogP contribution >= 0.6 is 11.3 Å². The van der Waals surface area contributed by atoms with Crippen LogP contribution < -0.4 is 5.32 Å². The fourth-order valence-corrected chi connectivity index (χ4v) is 3.62. The van der Waals surface area contributed by atoms with E-state index in [-0.39, 0.29) is 0 Å². The predicted molar refractivity (Wildman–Crippen MR) is 74.4 cm³/mol. The van der Waals surface area contributed by atoms with E-state index in [9.17, 15) is 0 Å². The Labute approximate surface area is 109 Å². The molecule has 96 valence electrons. The van der Waals surface area contributed by atoms with Gasteiger partial charge in [0.05, 0.1) is 5.01 Å². The van der Waals surface area contributed by atoms with Crippen molar-refractivity contribution in [1.82, 2.24) is 10.3 Å². The third kappa shape index (κ3) is 3.78. The molecule has 2 rings (SSSR count). The van der Waals surface area contributed by atoms with Gasteiger partial charge < -0.3 is 5.32 Å². The second-order valence-electron chi connectivity index (χ2n) is 5.83. The minimum Gasteiger partial charge on any atom is -0.316 e. The number of hydrogen-bond acceptors (Lipinski definition) is 3. The van der Waals surface area contributed by atoms with Crippen molar-refractivity contribution in [3.63, 3.8) is 0 Å². The second kappa shape index (κ2) is 5.96. The topological polar surface area (TPSA) is 24.9 Å². The van der Waals surface area contributed by atoms with Crippen molar-refractivity contribution in [2.75, 3.05) is 13.1 Å². The van der Waals surface area contributed by atoms with Gasteiger partial charge in [-0.1, -0.05) is 26.7 Å². The van der Waals surface area contributed by atoms with Crippen LogP contribution in [0.5, 0.6) is 0 Å². The van der Waals surface area contributed by atoms with Crippen molar-refractivity contribution in [3.8, 4) is 0 Å². The van der Waals surface area contributed by atoms with Gasteiger partial charge >= 0.3 is 0 Å². The monoisotopic (exact) mass is 252 g/mol. The summed E-state index contributed by atoms with van der Waals surface area (Å²) < 4.78 is 0. The van der Waals surface area contributed by atoms with E-state index in [1.807, 2.05) is 17.5 Å². The Kier molecular flexibility index (Phi) is 4.57. The van der Waals surface area contributed by atoms with E-state index in [0.29, 0.717) is 5.41 Å². The quantitative estimate of drug-likeness (QED) is 0.838. The van der Waals surface area contributed by atoms with Gasteiger partial charge in [-0.25, -0.2) is 4.98 Å². The Balaban J connectivity index is 1.90. The number of nitrogens with zero attached hydrogens (tertiary/aromatic N) is 1. The van der Waals surface area contributed by atoms with Gasteiger partial charge in [-0.2, -0.15) is 0 Å². The van der Waals surface area contributed by atoms with Gasteiger partial charge in [0.1, 0.15) is 0 Å². The van der Waals surface area contributed by atoms with Gasteiger partial charge in [0.2, 0.25) is 0 Å². The maximum Gasteiger partial charge on any atom is 0.0930 e. The lowest BCUT2D eigenvalue weighted by atomic mass is 9.82. The molecule has 1 aromatic heterocycles. The van der Waals surface area contributed by atoms with Crippen LogP contribution in [0.1, 0.15) is 44.5 Å². The minimum atomic E-state index is 0.493. The van der Waals surface area contributed by atoms with Crippen LogP contribution in [0.2, 0.25) is 0 Å². The highest BCUT2D eigenvalue weighted by Crippen LogP contribution is 2.40. The molecule has 1 saturated carbocycles. The van der Waals surface area contributed by atoms with Crippen LogP contribution in [0, 0.1) is 11.3 Å². The summed E-state index contributed by atoms with van der Waals surface area (Å²) in [4.78, 5) is 4.46. The first-order valence-electron chi connectivity index (χ1n) is 6.79. The fourth-order valence-electron chi connectivity index (χ4n) is 2.83. The molecule has 1 N–H and O–H groups in total. The lowest BCUT2D eigenvalue weighted by Gasteiger charge is -2.29. The molecule has 0 saturated heterocycles. The molecule has 0 atom stereocenters. The van der Waals surface area contributed by atoms with Crippen LogP contribution in [0.25, 0.3) is 0 Å². The summed E-state index contributed by atoms with van der Waals surface area (Å²) in [5.74, 6) is 0.744. The van der Waals surface area contributed by atoms with E-state index >= 15 is 0 Å². The van der Waals surface area contributed by atoms with E-state index < -0.39 is 0 Å². The summed E-state index contributed by atoms with van der Waals surface area (Å²) in [6.07, 6.45) is 8.65. The molecular formula is C14H24N2S. The molecule has 1 fully saturated rings. The van der Waals surface area contributed by atoms with Gasteiger partial charge in [-0.15, -0.1) is 11.3 Å². The van der Waals surface area contributed by atoms with E-state index in [4.69, 9.17) is 0 Å². The number of rotatable bonds is 6. The smallest absolute Gasteiger partial charge is 0.0930 e. The normalized spacial score (nSPS) is 19.0. The Hall–Kier alpha value is -0.410. The Bertz CT molecular complexity index is 313. The number of hydrogen-bond donors (Lipinski definition) is 1. The zero-order valence-electron chi connectivity index (χ0n) is 11.0. The predicted octanol–water partition coefficient (Wildman–Crippen LogP) is 3.49. The SMILES string of the molecule is CC(C)CNCC1(Cc2nccs2)CCCC1. The molecule has 2 nitrogen and oxygen atoms in total. The highest BCUT2D eigenvalue weighted by atomic mass is 32.1. The fraction of sp³-hybridized carbons (Fsp3) is 0.786. The van der Waals surface area contributed by atoms with Gasteiger partial charge in [0.25, 0.3) is 0 Å². The molecule has 1 aliphatic carbocycles. The molecule has 1 aromatic rings. The molecule has 17 heavy (non-hydrogen) atoms. The molecule has 0 amide bonds. The van der Waals surface area contributed by atoms with Crippen LogP contribution in [0.3, 0.4) is 0 Å². The average molecular weight is 252 g/mol. The Morgan fingerprint density at radius 2 is 2.18 bits per heavy atom. The van der Waals surface area contributed by atoms with Crippen molar-refractivity contribution >= 4 is 11.3 Å². The maximum absolute atomic E-state index is 4.46. The summed E-state index contributed by atoms with van der Waals surface area (Å²) in [5.41, 5.74) is 0.493. The molecule has 3 heteroatoms. The summed E-state index contributed by atoms with van der Waals surface area (Å²) in [7, 11) is 0. The summed E-state index contributed by atoms with van der Waals surface area (Å²) >= 11 is 1.81. The minimum absolute atomic E-state index is 0.493. The third-order valence-electron chi connectivity index (χ3n) is 3.73. The van der Waals surface area contributed by atoms with Crippen molar-refractivity contribution in [2.24, 2.45) is 11.3 Å². The van der Waals surface area contributed by atoms with Crippen LogP contribution in [0.4, 0.5) is 0 Å². The first-order valence-corrected chi connectivity index (χ1v) is 7.67. The van der Waals surface area contributed by atoms with E-state index in [0.717, 1.165) is 12.5 Å². The summed E-state index contributed by atoms with van der Waals surface area (Å²) in [6.45, 7) is 6.86. The van der Waals surface area contributed by atoms with Crippen molar-refractivity contribution in [3.05, 3.63) is 16.6 Å². The molecule has 0 bridgehead atoms. The molecule has 0 aliphatic heterocycles. The number of nitrogens with one attached hydrogen (secondary N) is 1. The van der Waals surface area contributed by atoms with E-state index in [2.05, 4.69) is 29.5 Å². The molecule has 0 radical (unpaired) electrons. The van der Waals surface area contributed by atoms with Gasteiger partial charge in [0, 0.05) is 24.5 Å². The molecule has 0 spiro atoms. The Morgan fingerprint density at radius 3 is 2.76 bits per heavy atom. The standard InChI is InChI=1S/C14H24N2S/c1-12(2)10-15-11-14(5-3-4-6-14)9-13-16-7-8-17-13/h7-8,12,15H,3-6,9-11H2,1-2H3. The molecule has 0 unspecified atom stereocenters. The van der Waals surface area contributed by atoms with E-state index in [1.165, 1.54) is 43.7 Å². The maximum atomic E-state index is 4.46. The average Bonchev–Trinajstić information content (AvgIpc) is 2.90. The van der Waals surface area contributed by atoms with Gasteiger partial charge in [0.15, 0.2) is 0 Å². The zero-order valence-corrected chi connectivity index (χ0v) is 11.9. The highest BCUT2D eigenvalue weighted by molar-refractivity contribution is 7.09. The highest BCUT2D eigenvalue weighted by Gasteiger charge is 2.34.